The summed E-state index contributed by atoms with van der Waals surface area (Å²) in [5.74, 6) is -1.15. The summed E-state index contributed by atoms with van der Waals surface area (Å²) in [5, 5.41) is 2.71. The molecule has 1 atom stereocenters. The van der Waals surface area contributed by atoms with Crippen LogP contribution in [0.1, 0.15) is 42.5 Å². The quantitative estimate of drug-likeness (QED) is 0.322. The first-order chi connectivity index (χ1) is 19.3. The highest BCUT2D eigenvalue weighted by atomic mass is 32.2. The normalized spacial score (nSPS) is 12.5. The number of anilines is 1. The molecule has 0 aliphatic carbocycles. The first-order valence-corrected chi connectivity index (χ1v) is 14.6. The summed E-state index contributed by atoms with van der Waals surface area (Å²) < 4.78 is 69.1. The third-order valence-corrected chi connectivity index (χ3v) is 8.31. The second kappa shape index (κ2) is 13.2. The maximum Gasteiger partial charge on any atom is 0.416 e. The maximum atomic E-state index is 14.0. The summed E-state index contributed by atoms with van der Waals surface area (Å²) in [6, 6.07) is 16.0. The minimum absolute atomic E-state index is 0.00281. The molecule has 0 saturated carbocycles. The number of halogens is 3. The van der Waals surface area contributed by atoms with Gasteiger partial charge in [0.2, 0.25) is 11.8 Å². The number of carbonyl (C=O) groups is 2. The molecule has 41 heavy (non-hydrogen) atoms. The molecule has 0 aliphatic rings. The molecule has 0 spiro atoms. The predicted octanol–water partition coefficient (Wildman–Crippen LogP) is 5.46. The summed E-state index contributed by atoms with van der Waals surface area (Å²) in [6.07, 6.45) is -4.50. The van der Waals surface area contributed by atoms with Gasteiger partial charge in [0, 0.05) is 13.1 Å². The minimum atomic E-state index is -4.73. The van der Waals surface area contributed by atoms with Crippen molar-refractivity contribution in [3.05, 3.63) is 95.1 Å². The molecule has 0 bridgehead atoms. The largest absolute Gasteiger partial charge is 0.416 e. The van der Waals surface area contributed by atoms with Crippen LogP contribution in [0.25, 0.3) is 0 Å². The van der Waals surface area contributed by atoms with Gasteiger partial charge in [0.05, 0.1) is 16.1 Å². The monoisotopic (exact) mass is 589 g/mol. The summed E-state index contributed by atoms with van der Waals surface area (Å²) >= 11 is 0. The Hall–Kier alpha value is -3.86. The van der Waals surface area contributed by atoms with Gasteiger partial charge >= 0.3 is 6.18 Å². The molecule has 0 heterocycles. The zero-order valence-electron chi connectivity index (χ0n) is 23.4. The van der Waals surface area contributed by atoms with Crippen molar-refractivity contribution in [1.82, 2.24) is 10.2 Å². The molecule has 0 aromatic heterocycles. The Bertz CT molecular complexity index is 1470. The standard InChI is InChI=1S/C30H34F3N3O4S/c1-5-27(29(38)34-6-2)35(19-23-10-7-9-22(4)17-23)28(37)20-36(25-12-8-11-24(18-25)30(31,32)33)41(39,40)26-15-13-21(3)14-16-26/h7-18,27H,5-6,19-20H2,1-4H3,(H,34,38). The average molecular weight is 590 g/mol. The van der Waals surface area contributed by atoms with Crippen LogP contribution in [-0.2, 0) is 32.3 Å². The van der Waals surface area contributed by atoms with E-state index in [0.29, 0.717) is 22.5 Å². The molecular weight excluding hydrogens is 555 g/mol. The number of nitrogens with zero attached hydrogens (tertiary/aromatic N) is 2. The van der Waals surface area contributed by atoms with Crippen LogP contribution in [0.3, 0.4) is 0 Å². The second-order valence-electron chi connectivity index (χ2n) is 9.70. The molecule has 1 N–H and O–H groups in total. The van der Waals surface area contributed by atoms with Gasteiger partial charge in [-0.3, -0.25) is 13.9 Å². The predicted molar refractivity (Wildman–Crippen MR) is 152 cm³/mol. The molecular formula is C30H34F3N3O4S. The number of alkyl halides is 3. The number of amides is 2. The van der Waals surface area contributed by atoms with Crippen molar-refractivity contribution in [3.8, 4) is 0 Å². The number of carbonyl (C=O) groups excluding carboxylic acids is 2. The van der Waals surface area contributed by atoms with Gasteiger partial charge in [0.15, 0.2) is 0 Å². The molecule has 7 nitrogen and oxygen atoms in total. The number of benzene rings is 3. The van der Waals surface area contributed by atoms with E-state index in [1.165, 1.54) is 23.1 Å². The van der Waals surface area contributed by atoms with Gasteiger partial charge in [-0.2, -0.15) is 13.2 Å². The van der Waals surface area contributed by atoms with E-state index in [1.54, 1.807) is 45.0 Å². The summed E-state index contributed by atoms with van der Waals surface area (Å²) in [6.45, 7) is 6.60. The number of sulfonamides is 1. The molecule has 0 saturated heterocycles. The van der Waals surface area contributed by atoms with Crippen LogP contribution in [0.4, 0.5) is 18.9 Å². The molecule has 3 aromatic carbocycles. The van der Waals surface area contributed by atoms with Gasteiger partial charge in [-0.1, -0.05) is 60.5 Å². The highest BCUT2D eigenvalue weighted by Gasteiger charge is 2.35. The second-order valence-corrected chi connectivity index (χ2v) is 11.6. The van der Waals surface area contributed by atoms with E-state index in [1.807, 2.05) is 19.1 Å². The minimum Gasteiger partial charge on any atom is -0.355 e. The highest BCUT2D eigenvalue weighted by Crippen LogP contribution is 2.33. The lowest BCUT2D eigenvalue weighted by atomic mass is 10.1. The lowest BCUT2D eigenvalue weighted by Gasteiger charge is -2.33. The van der Waals surface area contributed by atoms with Crippen molar-refractivity contribution in [2.24, 2.45) is 0 Å². The molecule has 0 radical (unpaired) electrons. The number of hydrogen-bond donors (Lipinski definition) is 1. The average Bonchev–Trinajstić information content (AvgIpc) is 2.91. The fraction of sp³-hybridized carbons (Fsp3) is 0.333. The zero-order valence-corrected chi connectivity index (χ0v) is 24.2. The number of nitrogens with one attached hydrogen (secondary N) is 1. The van der Waals surface area contributed by atoms with Crippen LogP contribution in [0.15, 0.2) is 77.7 Å². The van der Waals surface area contributed by atoms with Crippen LogP contribution in [-0.4, -0.2) is 44.3 Å². The van der Waals surface area contributed by atoms with Crippen LogP contribution in [0.5, 0.6) is 0 Å². The van der Waals surface area contributed by atoms with E-state index in [0.717, 1.165) is 23.3 Å². The van der Waals surface area contributed by atoms with Crippen molar-refractivity contribution < 1.29 is 31.2 Å². The van der Waals surface area contributed by atoms with Gasteiger partial charge in [-0.25, -0.2) is 8.42 Å². The zero-order chi connectivity index (χ0) is 30.4. The molecule has 0 fully saturated rings. The molecule has 1 unspecified atom stereocenters. The molecule has 220 valence electrons. The molecule has 2 amide bonds. The van der Waals surface area contributed by atoms with Crippen molar-refractivity contribution in [2.45, 2.75) is 57.8 Å². The van der Waals surface area contributed by atoms with E-state index in [4.69, 9.17) is 0 Å². The number of hydrogen-bond acceptors (Lipinski definition) is 4. The SMILES string of the molecule is CCNC(=O)C(CC)N(Cc1cccc(C)c1)C(=O)CN(c1cccc(C(F)(F)F)c1)S(=O)(=O)c1ccc(C)cc1. The van der Waals surface area contributed by atoms with Crippen LogP contribution >= 0.6 is 0 Å². The first kappa shape index (κ1) is 31.7. The number of aryl methyl sites for hydroxylation is 2. The molecule has 11 heteroatoms. The first-order valence-electron chi connectivity index (χ1n) is 13.2. The smallest absolute Gasteiger partial charge is 0.355 e. The van der Waals surface area contributed by atoms with Gasteiger partial charge < -0.3 is 10.2 Å². The van der Waals surface area contributed by atoms with Crippen molar-refractivity contribution in [2.75, 3.05) is 17.4 Å². The third-order valence-electron chi connectivity index (χ3n) is 6.52. The fourth-order valence-electron chi connectivity index (χ4n) is 4.42. The molecule has 3 rings (SSSR count). The van der Waals surface area contributed by atoms with E-state index in [-0.39, 0.29) is 23.5 Å². The van der Waals surface area contributed by atoms with E-state index in [9.17, 15) is 31.2 Å². The Balaban J connectivity index is 2.12. The topological polar surface area (TPSA) is 86.8 Å². The fourth-order valence-corrected chi connectivity index (χ4v) is 5.83. The number of likely N-dealkylation sites (N-methyl/N-ethyl adjacent to an activating group) is 1. The molecule has 3 aromatic rings. The Morgan fingerprint density at radius 2 is 1.56 bits per heavy atom. The van der Waals surface area contributed by atoms with Gasteiger partial charge in [-0.05, 0) is 63.1 Å². The van der Waals surface area contributed by atoms with Crippen LogP contribution in [0.2, 0.25) is 0 Å². The van der Waals surface area contributed by atoms with Gasteiger partial charge in [0.25, 0.3) is 10.0 Å². The van der Waals surface area contributed by atoms with Gasteiger partial charge in [-0.15, -0.1) is 0 Å². The van der Waals surface area contributed by atoms with Crippen molar-refractivity contribution in [1.29, 1.82) is 0 Å². The van der Waals surface area contributed by atoms with Crippen LogP contribution < -0.4 is 9.62 Å². The Morgan fingerprint density at radius 1 is 0.902 bits per heavy atom. The number of rotatable bonds is 11. The Morgan fingerprint density at radius 3 is 2.15 bits per heavy atom. The van der Waals surface area contributed by atoms with Gasteiger partial charge in [0.1, 0.15) is 12.6 Å². The molecule has 0 aliphatic heterocycles. The van der Waals surface area contributed by atoms with E-state index in [2.05, 4.69) is 5.32 Å². The van der Waals surface area contributed by atoms with Crippen molar-refractivity contribution >= 4 is 27.5 Å². The third kappa shape index (κ3) is 7.87. The summed E-state index contributed by atoms with van der Waals surface area (Å²) in [7, 11) is -4.49. The van der Waals surface area contributed by atoms with E-state index >= 15 is 0 Å². The van der Waals surface area contributed by atoms with E-state index < -0.39 is 46.2 Å². The Kier molecular flexibility index (Phi) is 10.2. The lowest BCUT2D eigenvalue weighted by molar-refractivity contribution is -0.140. The summed E-state index contributed by atoms with van der Waals surface area (Å²) in [5.41, 5.74) is 1.04. The summed E-state index contributed by atoms with van der Waals surface area (Å²) in [4.78, 5) is 28.0. The maximum absolute atomic E-state index is 14.0. The highest BCUT2D eigenvalue weighted by molar-refractivity contribution is 7.92. The van der Waals surface area contributed by atoms with Crippen molar-refractivity contribution in [3.63, 3.8) is 0 Å². The Labute approximate surface area is 239 Å². The van der Waals surface area contributed by atoms with Crippen LogP contribution in [0, 0.1) is 13.8 Å². The lowest BCUT2D eigenvalue weighted by Crippen LogP contribution is -2.52.